The molecule has 2 nitrogen and oxygen atoms in total. The quantitative estimate of drug-likeness (QED) is 0.565. The smallest absolute Gasteiger partial charge is 0.169 e. The van der Waals surface area contributed by atoms with Gasteiger partial charge in [-0.3, -0.25) is 0 Å². The lowest BCUT2D eigenvalue weighted by atomic mass is 9.75. The highest BCUT2D eigenvalue weighted by molar-refractivity contribution is 5.47. The van der Waals surface area contributed by atoms with Gasteiger partial charge in [-0.2, -0.15) is 4.89 Å². The van der Waals surface area contributed by atoms with Gasteiger partial charge in [-0.25, -0.2) is 0 Å². The summed E-state index contributed by atoms with van der Waals surface area (Å²) in [6, 6.07) is 6.20. The van der Waals surface area contributed by atoms with Gasteiger partial charge in [-0.05, 0) is 36.3 Å². The average Bonchev–Trinajstić information content (AvgIpc) is 2.23. The zero-order chi connectivity index (χ0) is 14.8. The van der Waals surface area contributed by atoms with Crippen LogP contribution in [0.4, 0.5) is 0 Å². The second-order valence-electron chi connectivity index (χ2n) is 7.41. The molecular weight excluding hydrogens is 236 g/mol. The van der Waals surface area contributed by atoms with Crippen LogP contribution in [-0.2, 0) is 15.7 Å². The van der Waals surface area contributed by atoms with Crippen molar-refractivity contribution in [1.82, 2.24) is 0 Å². The minimum atomic E-state index is 0.0134. The third kappa shape index (κ3) is 4.24. The second kappa shape index (κ2) is 5.54. The van der Waals surface area contributed by atoms with Crippen molar-refractivity contribution in [2.75, 3.05) is 0 Å². The van der Waals surface area contributed by atoms with E-state index in [1.54, 1.807) is 0 Å². The third-order valence-electron chi connectivity index (χ3n) is 2.91. The first kappa shape index (κ1) is 16.0. The van der Waals surface area contributed by atoms with E-state index in [1.807, 2.05) is 26.0 Å². The van der Waals surface area contributed by atoms with Crippen LogP contribution in [0.2, 0.25) is 0 Å². The standard InChI is InChI=1S/C17H28O2/c1-12(2)18-19-14-11-9-10-13(16(3,4)5)15(14)17(6,7)8/h9-12H,1-8H3. The van der Waals surface area contributed by atoms with Gasteiger partial charge in [0.25, 0.3) is 0 Å². The van der Waals surface area contributed by atoms with Crippen LogP contribution in [0, 0.1) is 0 Å². The lowest BCUT2D eigenvalue weighted by Crippen LogP contribution is -2.23. The summed E-state index contributed by atoms with van der Waals surface area (Å²) in [6.07, 6.45) is 0.0473. The van der Waals surface area contributed by atoms with E-state index in [4.69, 9.17) is 9.78 Å². The highest BCUT2D eigenvalue weighted by atomic mass is 17.2. The Morgan fingerprint density at radius 1 is 0.895 bits per heavy atom. The fraction of sp³-hybridized carbons (Fsp3) is 0.647. The Morgan fingerprint density at radius 3 is 1.89 bits per heavy atom. The maximum atomic E-state index is 5.56. The molecule has 0 saturated carbocycles. The predicted octanol–water partition coefficient (Wildman–Crippen LogP) is 5.00. The van der Waals surface area contributed by atoms with Crippen molar-refractivity contribution in [1.29, 1.82) is 0 Å². The Hall–Kier alpha value is -1.02. The number of hydrogen-bond donors (Lipinski definition) is 0. The van der Waals surface area contributed by atoms with Crippen molar-refractivity contribution in [3.63, 3.8) is 0 Å². The molecule has 0 amide bonds. The lowest BCUT2D eigenvalue weighted by molar-refractivity contribution is -0.235. The topological polar surface area (TPSA) is 18.5 Å². The van der Waals surface area contributed by atoms with Crippen LogP contribution in [0.25, 0.3) is 0 Å². The summed E-state index contributed by atoms with van der Waals surface area (Å²) in [7, 11) is 0. The highest BCUT2D eigenvalue weighted by Crippen LogP contribution is 2.39. The number of benzene rings is 1. The molecule has 0 unspecified atom stereocenters. The molecule has 19 heavy (non-hydrogen) atoms. The Morgan fingerprint density at radius 2 is 1.47 bits per heavy atom. The Labute approximate surface area is 118 Å². The largest absolute Gasteiger partial charge is 0.337 e. The van der Waals surface area contributed by atoms with Gasteiger partial charge in [-0.1, -0.05) is 53.7 Å². The van der Waals surface area contributed by atoms with Gasteiger partial charge in [0.15, 0.2) is 5.75 Å². The fourth-order valence-corrected chi connectivity index (χ4v) is 2.15. The zero-order valence-electron chi connectivity index (χ0n) is 13.6. The van der Waals surface area contributed by atoms with Gasteiger partial charge in [0.2, 0.25) is 0 Å². The molecule has 0 atom stereocenters. The molecule has 0 aliphatic carbocycles. The van der Waals surface area contributed by atoms with Gasteiger partial charge in [-0.15, -0.1) is 0 Å². The summed E-state index contributed by atoms with van der Waals surface area (Å²) in [4.78, 5) is 10.9. The van der Waals surface area contributed by atoms with Crippen molar-refractivity contribution < 1.29 is 9.78 Å². The summed E-state index contributed by atoms with van der Waals surface area (Å²) in [5.74, 6) is 0.827. The molecule has 1 rings (SSSR count). The summed E-state index contributed by atoms with van der Waals surface area (Å²) < 4.78 is 0. The van der Waals surface area contributed by atoms with Crippen molar-refractivity contribution in [3.05, 3.63) is 29.3 Å². The van der Waals surface area contributed by atoms with Crippen LogP contribution < -0.4 is 4.89 Å². The summed E-state index contributed by atoms with van der Waals surface area (Å²) in [5.41, 5.74) is 2.63. The Bertz CT molecular complexity index is 420. The van der Waals surface area contributed by atoms with E-state index in [0.29, 0.717) is 0 Å². The molecule has 0 bridgehead atoms. The molecule has 0 spiro atoms. The fourth-order valence-electron chi connectivity index (χ4n) is 2.15. The van der Waals surface area contributed by atoms with Crippen LogP contribution in [0.15, 0.2) is 18.2 Å². The van der Waals surface area contributed by atoms with Crippen molar-refractivity contribution in [2.24, 2.45) is 0 Å². The minimum Gasteiger partial charge on any atom is -0.337 e. The molecular formula is C17H28O2. The maximum absolute atomic E-state index is 5.56. The minimum absolute atomic E-state index is 0.0134. The molecule has 0 heterocycles. The lowest BCUT2D eigenvalue weighted by Gasteiger charge is -2.31. The monoisotopic (exact) mass is 264 g/mol. The molecule has 0 aromatic heterocycles. The molecule has 0 aliphatic rings. The predicted molar refractivity (Wildman–Crippen MR) is 80.7 cm³/mol. The molecule has 1 aromatic rings. The van der Waals surface area contributed by atoms with E-state index in [1.165, 1.54) is 11.1 Å². The van der Waals surface area contributed by atoms with E-state index in [2.05, 4.69) is 47.6 Å². The van der Waals surface area contributed by atoms with E-state index >= 15 is 0 Å². The molecule has 1 aromatic carbocycles. The molecule has 0 saturated heterocycles. The van der Waals surface area contributed by atoms with Gasteiger partial charge in [0.05, 0.1) is 6.10 Å². The van der Waals surface area contributed by atoms with Crippen LogP contribution in [-0.4, -0.2) is 6.10 Å². The molecule has 2 heteroatoms. The van der Waals surface area contributed by atoms with Gasteiger partial charge >= 0.3 is 0 Å². The molecule has 0 aliphatic heterocycles. The van der Waals surface area contributed by atoms with Crippen LogP contribution in [0.3, 0.4) is 0 Å². The van der Waals surface area contributed by atoms with Crippen LogP contribution in [0.5, 0.6) is 5.75 Å². The van der Waals surface area contributed by atoms with Gasteiger partial charge in [0.1, 0.15) is 0 Å². The molecule has 0 fully saturated rings. The maximum Gasteiger partial charge on any atom is 0.169 e. The van der Waals surface area contributed by atoms with E-state index < -0.39 is 0 Å². The summed E-state index contributed by atoms with van der Waals surface area (Å²) in [6.45, 7) is 17.2. The van der Waals surface area contributed by atoms with Crippen molar-refractivity contribution >= 4 is 0 Å². The number of hydrogen-bond acceptors (Lipinski definition) is 2. The molecule has 108 valence electrons. The molecule has 0 radical (unpaired) electrons. The normalized spacial score (nSPS) is 12.9. The van der Waals surface area contributed by atoms with Crippen LogP contribution in [0.1, 0.15) is 66.5 Å². The summed E-state index contributed by atoms with van der Waals surface area (Å²) in [5, 5.41) is 0. The van der Waals surface area contributed by atoms with E-state index in [9.17, 15) is 0 Å². The average molecular weight is 264 g/mol. The summed E-state index contributed by atoms with van der Waals surface area (Å²) >= 11 is 0. The Kier molecular flexibility index (Phi) is 4.67. The van der Waals surface area contributed by atoms with Crippen molar-refractivity contribution in [2.45, 2.75) is 72.3 Å². The van der Waals surface area contributed by atoms with Crippen molar-refractivity contribution in [3.8, 4) is 5.75 Å². The van der Waals surface area contributed by atoms with E-state index in [-0.39, 0.29) is 16.9 Å². The van der Waals surface area contributed by atoms with Crippen LogP contribution >= 0.6 is 0 Å². The first-order valence-electron chi connectivity index (χ1n) is 7.01. The SMILES string of the molecule is CC(C)OOc1cccc(C(C)(C)C)c1C(C)(C)C. The van der Waals surface area contributed by atoms with Gasteiger partial charge in [0, 0.05) is 5.56 Å². The third-order valence-corrected chi connectivity index (χ3v) is 2.91. The van der Waals surface area contributed by atoms with Gasteiger partial charge < -0.3 is 4.89 Å². The highest BCUT2D eigenvalue weighted by Gasteiger charge is 2.28. The number of rotatable bonds is 3. The molecule has 0 N–H and O–H groups in total. The Balaban J connectivity index is 3.32. The first-order valence-corrected chi connectivity index (χ1v) is 7.01. The second-order valence-corrected chi connectivity index (χ2v) is 7.41. The van der Waals surface area contributed by atoms with E-state index in [0.717, 1.165) is 5.75 Å². The first-order chi connectivity index (χ1) is 8.53. The zero-order valence-corrected chi connectivity index (χ0v) is 13.6.